The summed E-state index contributed by atoms with van der Waals surface area (Å²) in [5, 5.41) is 11.4. The molecule has 1 aliphatic rings. The van der Waals surface area contributed by atoms with Crippen LogP contribution >= 0.6 is 0 Å². The van der Waals surface area contributed by atoms with E-state index in [2.05, 4.69) is 15.5 Å². The maximum atomic E-state index is 14.2. The first-order valence-electron chi connectivity index (χ1n) is 6.60. The number of nitrogens with zero attached hydrogens (tertiary/aromatic N) is 2. The molecule has 3 heterocycles. The van der Waals surface area contributed by atoms with E-state index in [0.29, 0.717) is 17.6 Å². The number of aromatic amines is 1. The van der Waals surface area contributed by atoms with E-state index in [9.17, 15) is 9.18 Å². The van der Waals surface area contributed by atoms with E-state index >= 15 is 0 Å². The van der Waals surface area contributed by atoms with E-state index in [1.807, 2.05) is 16.7 Å². The molecule has 102 valence electrons. The average Bonchev–Trinajstić information content (AvgIpc) is 3.11. The predicted octanol–water partition coefficient (Wildman–Crippen LogP) is 2.55. The van der Waals surface area contributed by atoms with Crippen molar-refractivity contribution in [3.63, 3.8) is 0 Å². The smallest absolute Gasteiger partial charge is 0.201 e. The van der Waals surface area contributed by atoms with Crippen molar-refractivity contribution in [1.82, 2.24) is 14.8 Å². The van der Waals surface area contributed by atoms with Crippen molar-refractivity contribution in [2.24, 2.45) is 0 Å². The number of rotatable bonds is 0. The molecule has 0 unspecified atom stereocenters. The van der Waals surface area contributed by atoms with E-state index in [-0.39, 0.29) is 10.8 Å². The average molecular weight is 280 g/mol. The number of hydrogen-bond donors (Lipinski definition) is 2. The number of pyridine rings is 1. The number of hydrogen-bond acceptors (Lipinski definition) is 3. The summed E-state index contributed by atoms with van der Waals surface area (Å²) in [5.74, 6) is -0.487. The van der Waals surface area contributed by atoms with Crippen LogP contribution < -0.4 is 10.7 Å². The van der Waals surface area contributed by atoms with Gasteiger partial charge in [0.1, 0.15) is 5.82 Å². The van der Waals surface area contributed by atoms with E-state index in [0.717, 1.165) is 22.1 Å². The van der Waals surface area contributed by atoms with Gasteiger partial charge in [-0.25, -0.2) is 4.39 Å². The summed E-state index contributed by atoms with van der Waals surface area (Å²) in [5.41, 5.74) is 2.70. The van der Waals surface area contributed by atoms with Crippen molar-refractivity contribution in [3.8, 4) is 0 Å². The largest absolute Gasteiger partial charge is 0.366 e. The fourth-order valence-corrected chi connectivity index (χ4v) is 3.25. The van der Waals surface area contributed by atoms with Crippen LogP contribution in [0.2, 0.25) is 0 Å². The number of halogens is 1. The van der Waals surface area contributed by atoms with Gasteiger partial charge in [0.15, 0.2) is 0 Å². The molecule has 21 heavy (non-hydrogen) atoms. The molecule has 2 aromatic heterocycles. The molecular formula is C15H9FN4O. The van der Waals surface area contributed by atoms with Crippen molar-refractivity contribution in [3.05, 3.63) is 46.5 Å². The Labute approximate surface area is 117 Å². The number of nitrogens with one attached hydrogen (secondary N) is 2. The topological polar surface area (TPSA) is 62.7 Å². The second-order valence-electron chi connectivity index (χ2n) is 5.20. The van der Waals surface area contributed by atoms with Gasteiger partial charge in [0.05, 0.1) is 45.9 Å². The normalized spacial score (nSPS) is 13.4. The first-order chi connectivity index (χ1) is 10.3. The fraction of sp³-hybridized carbons (Fsp3) is 0.0667. The lowest BCUT2D eigenvalue weighted by Crippen LogP contribution is -2.10. The lowest BCUT2D eigenvalue weighted by Gasteiger charge is -2.09. The van der Waals surface area contributed by atoms with Crippen LogP contribution in [0, 0.1) is 5.82 Å². The van der Waals surface area contributed by atoms with E-state index < -0.39 is 5.82 Å². The molecule has 5 nitrogen and oxygen atoms in total. The Morgan fingerprint density at radius 2 is 2.10 bits per heavy atom. The molecule has 0 fully saturated rings. The van der Waals surface area contributed by atoms with Crippen LogP contribution in [-0.4, -0.2) is 14.8 Å². The Hall–Kier alpha value is -2.89. The number of aromatic nitrogens is 3. The van der Waals surface area contributed by atoms with Crippen LogP contribution in [0.3, 0.4) is 0 Å². The van der Waals surface area contributed by atoms with Gasteiger partial charge in [0.2, 0.25) is 5.43 Å². The SMILES string of the molecule is O=c1c2c(F)ccc3c2n(c2ccc4[nH]ncc4c12)CN3. The van der Waals surface area contributed by atoms with Crippen LogP contribution in [0.4, 0.5) is 10.1 Å². The minimum Gasteiger partial charge on any atom is -0.366 e. The van der Waals surface area contributed by atoms with E-state index in [1.165, 1.54) is 6.07 Å². The molecule has 0 amide bonds. The molecule has 2 aromatic carbocycles. The molecule has 0 aliphatic carbocycles. The zero-order valence-corrected chi connectivity index (χ0v) is 10.8. The Bertz CT molecular complexity index is 1130. The molecule has 2 N–H and O–H groups in total. The third-order valence-corrected chi connectivity index (χ3v) is 4.17. The predicted molar refractivity (Wildman–Crippen MR) is 78.9 cm³/mol. The lowest BCUT2D eigenvalue weighted by molar-refractivity contribution is 0.639. The monoisotopic (exact) mass is 280 g/mol. The number of benzene rings is 2. The first kappa shape index (κ1) is 10.8. The molecule has 0 spiro atoms. The van der Waals surface area contributed by atoms with Crippen molar-refractivity contribution < 1.29 is 4.39 Å². The summed E-state index contributed by atoms with van der Waals surface area (Å²) < 4.78 is 16.2. The zero-order chi connectivity index (χ0) is 14.1. The van der Waals surface area contributed by atoms with Crippen molar-refractivity contribution >= 4 is 38.4 Å². The maximum Gasteiger partial charge on any atom is 0.201 e. The molecule has 4 aromatic rings. The van der Waals surface area contributed by atoms with Crippen LogP contribution in [-0.2, 0) is 6.67 Å². The fourth-order valence-electron chi connectivity index (χ4n) is 3.25. The van der Waals surface area contributed by atoms with Crippen molar-refractivity contribution in [2.75, 3.05) is 5.32 Å². The lowest BCUT2D eigenvalue weighted by atomic mass is 10.1. The summed E-state index contributed by atoms with van der Waals surface area (Å²) in [6.45, 7) is 0.523. The van der Waals surface area contributed by atoms with Crippen LogP contribution in [0.1, 0.15) is 0 Å². The summed E-state index contributed by atoms with van der Waals surface area (Å²) >= 11 is 0. The summed E-state index contributed by atoms with van der Waals surface area (Å²) in [4.78, 5) is 12.8. The second-order valence-corrected chi connectivity index (χ2v) is 5.20. The molecule has 0 atom stereocenters. The molecule has 0 saturated heterocycles. The maximum absolute atomic E-state index is 14.2. The highest BCUT2D eigenvalue weighted by molar-refractivity contribution is 6.10. The minimum absolute atomic E-state index is 0.138. The summed E-state index contributed by atoms with van der Waals surface area (Å²) in [7, 11) is 0. The van der Waals surface area contributed by atoms with Gasteiger partial charge in [-0.3, -0.25) is 9.89 Å². The van der Waals surface area contributed by atoms with Gasteiger partial charge >= 0.3 is 0 Å². The number of H-pyrrole nitrogens is 1. The first-order valence-corrected chi connectivity index (χ1v) is 6.60. The van der Waals surface area contributed by atoms with Gasteiger partial charge in [-0.05, 0) is 24.3 Å². The Balaban J connectivity index is 2.22. The Kier molecular flexibility index (Phi) is 1.76. The van der Waals surface area contributed by atoms with Gasteiger partial charge in [0, 0.05) is 5.39 Å². The minimum atomic E-state index is -0.487. The number of fused-ring (bicyclic) bond motifs is 4. The van der Waals surface area contributed by atoms with Crippen LogP contribution in [0.5, 0.6) is 0 Å². The zero-order valence-electron chi connectivity index (χ0n) is 10.8. The van der Waals surface area contributed by atoms with Crippen LogP contribution in [0.15, 0.2) is 35.3 Å². The molecule has 5 rings (SSSR count). The Morgan fingerprint density at radius 3 is 3.00 bits per heavy atom. The highest BCUT2D eigenvalue weighted by atomic mass is 19.1. The summed E-state index contributed by atoms with van der Waals surface area (Å²) in [6.07, 6.45) is 1.61. The van der Waals surface area contributed by atoms with E-state index in [1.54, 1.807) is 12.3 Å². The van der Waals surface area contributed by atoms with Gasteiger partial charge in [0.25, 0.3) is 0 Å². The van der Waals surface area contributed by atoms with Gasteiger partial charge in [-0.2, -0.15) is 5.10 Å². The standard InChI is InChI=1S/C15H9FN4O/c16-8-1-2-10-14-13(8)15(21)12-7-5-18-19-9(7)3-4-11(12)20(14)6-17-10/h1-5,17H,6H2,(H,18,19). The molecule has 0 radical (unpaired) electrons. The molecule has 0 saturated carbocycles. The molecule has 6 heteroatoms. The molecule has 1 aliphatic heterocycles. The van der Waals surface area contributed by atoms with Gasteiger partial charge in [-0.1, -0.05) is 0 Å². The molecular weight excluding hydrogens is 271 g/mol. The van der Waals surface area contributed by atoms with Crippen molar-refractivity contribution in [2.45, 2.75) is 6.67 Å². The van der Waals surface area contributed by atoms with E-state index in [4.69, 9.17) is 0 Å². The third-order valence-electron chi connectivity index (χ3n) is 4.17. The molecule has 0 bridgehead atoms. The highest BCUT2D eigenvalue weighted by Gasteiger charge is 2.22. The van der Waals surface area contributed by atoms with Crippen LogP contribution in [0.25, 0.3) is 32.7 Å². The second kappa shape index (κ2) is 3.41. The van der Waals surface area contributed by atoms with Crippen molar-refractivity contribution in [1.29, 1.82) is 0 Å². The number of anilines is 1. The third kappa shape index (κ3) is 1.16. The van der Waals surface area contributed by atoms with Gasteiger partial charge in [-0.15, -0.1) is 0 Å². The quantitative estimate of drug-likeness (QED) is 0.487. The Morgan fingerprint density at radius 1 is 1.19 bits per heavy atom. The highest BCUT2D eigenvalue weighted by Crippen LogP contribution is 2.33. The van der Waals surface area contributed by atoms with Gasteiger partial charge < -0.3 is 9.88 Å². The summed E-state index contributed by atoms with van der Waals surface area (Å²) in [6, 6.07) is 6.76.